The number of phosphoric acid groups is 2. The van der Waals surface area contributed by atoms with Crippen molar-refractivity contribution in [2.24, 2.45) is 17.8 Å². The summed E-state index contributed by atoms with van der Waals surface area (Å²) in [6.45, 7) is 18.3. The minimum atomic E-state index is -5.19. The number of hydrogen-bond acceptors (Lipinski definition) is 31. The first-order valence-electron chi connectivity index (χ1n) is 39.8. The number of aliphatic hydroxyl groups is 1. The van der Waals surface area contributed by atoms with E-state index in [1.54, 1.807) is 104 Å². The maximum Gasteiger partial charge on any atom is 0.472 e. The highest BCUT2D eigenvalue weighted by Gasteiger charge is 2.66. The summed E-state index contributed by atoms with van der Waals surface area (Å²) in [7, 11) is -12.9. The monoisotopic (exact) mass is 1840 g/mol. The van der Waals surface area contributed by atoms with Gasteiger partial charge in [0.05, 0.1) is 64.4 Å². The molecule has 6 aliphatic rings. The van der Waals surface area contributed by atoms with Crippen molar-refractivity contribution < 1.29 is 108 Å². The quantitative estimate of drug-likeness (QED) is 0.0179. The molecule has 17 rings (SSSR count). The molecule has 6 fully saturated rings. The van der Waals surface area contributed by atoms with Gasteiger partial charge in [0.25, 0.3) is 22.9 Å². The van der Waals surface area contributed by atoms with Crippen molar-refractivity contribution in [3.05, 3.63) is 161 Å². The van der Waals surface area contributed by atoms with Crippen molar-refractivity contribution in [2.45, 2.75) is 193 Å². The summed E-state index contributed by atoms with van der Waals surface area (Å²) in [5.41, 5.74) is -2.80. The van der Waals surface area contributed by atoms with E-state index >= 15 is 8.78 Å². The van der Waals surface area contributed by atoms with E-state index in [0.29, 0.717) is 22.4 Å². The number of anilines is 4. The second-order valence-electron chi connectivity index (χ2n) is 32.6. The normalized spacial score (nSPS) is 26.1. The fourth-order valence-corrected chi connectivity index (χ4v) is 18.0. The molecule has 0 spiro atoms. The molecule has 15 heterocycles. The molecule has 128 heavy (non-hydrogen) atoms. The molecule has 0 aliphatic carbocycles. The van der Waals surface area contributed by atoms with E-state index in [4.69, 9.17) is 50.9 Å². The molecule has 6 aliphatic heterocycles. The summed E-state index contributed by atoms with van der Waals surface area (Å²) in [4.78, 5) is 149. The molecule has 13 N–H and O–H groups in total. The molecule has 0 saturated carbocycles. The van der Waals surface area contributed by atoms with Crippen LogP contribution in [-0.4, -0.2) is 224 Å². The summed E-state index contributed by atoms with van der Waals surface area (Å²) in [6, 6.07) is 23.0. The van der Waals surface area contributed by atoms with Gasteiger partial charge in [-0.15, -0.1) is 0 Å². The molecule has 4 amide bonds. The Morgan fingerprint density at radius 2 is 1.00 bits per heavy atom. The largest absolute Gasteiger partial charge is 0.472 e. The minimum Gasteiger partial charge on any atom is -0.408 e. The molecular weight excluding hydrogens is 1740 g/mol. The lowest BCUT2D eigenvalue weighted by Crippen LogP contribution is -2.53. The highest BCUT2D eigenvalue weighted by Crippen LogP contribution is 2.58. The molecule has 0 radical (unpaired) electrons. The summed E-state index contributed by atoms with van der Waals surface area (Å²) >= 11 is 0. The van der Waals surface area contributed by atoms with Gasteiger partial charge in [0.15, 0.2) is 114 Å². The zero-order valence-corrected chi connectivity index (χ0v) is 72.6. The molecule has 688 valence electrons. The number of nitrogens with zero attached hydrogens (tertiary/aromatic N) is 14. The van der Waals surface area contributed by atoms with Gasteiger partial charge in [-0.2, -0.15) is 9.97 Å². The molecule has 2 aromatic carbocycles. The molecule has 3 unspecified atom stereocenters. The van der Waals surface area contributed by atoms with Crippen LogP contribution in [0.2, 0.25) is 18.1 Å². The van der Waals surface area contributed by atoms with Gasteiger partial charge in [-0.3, -0.25) is 85.7 Å². The van der Waals surface area contributed by atoms with Crippen LogP contribution in [0, 0.1) is 17.8 Å². The van der Waals surface area contributed by atoms with Gasteiger partial charge >= 0.3 is 15.6 Å². The van der Waals surface area contributed by atoms with Crippen LogP contribution in [0.4, 0.5) is 32.3 Å². The van der Waals surface area contributed by atoms with Crippen molar-refractivity contribution in [3.63, 3.8) is 0 Å². The first kappa shape index (κ1) is 96.3. The first-order valence-corrected chi connectivity index (χ1v) is 45.7. The number of benzene rings is 2. The fraction of sp³-hybridized carbons (Fsp3) is 0.481. The van der Waals surface area contributed by atoms with Gasteiger partial charge in [0.2, 0.25) is 23.7 Å². The van der Waals surface area contributed by atoms with Gasteiger partial charge < -0.3 is 64.5 Å². The highest BCUT2D eigenvalue weighted by molar-refractivity contribution is 7.47. The van der Waals surface area contributed by atoms with Crippen molar-refractivity contribution >= 4 is 116 Å². The molecule has 9 aromatic heterocycles. The summed E-state index contributed by atoms with van der Waals surface area (Å²) in [6.07, 6.45) is -5.68. The number of ether oxygens (including phenoxy) is 6. The lowest BCUT2D eigenvalue weighted by atomic mass is 9.91. The van der Waals surface area contributed by atoms with E-state index in [9.17, 15) is 52.8 Å². The number of H-pyrrole nitrogens is 3. The predicted molar refractivity (Wildman–Crippen MR) is 457 cm³/mol. The maximum atomic E-state index is 16.2. The van der Waals surface area contributed by atoms with Crippen LogP contribution in [0.15, 0.2) is 139 Å². The molecule has 6 saturated heterocycles. The van der Waals surface area contributed by atoms with Gasteiger partial charge in [0, 0.05) is 41.0 Å². The van der Waals surface area contributed by atoms with Crippen molar-refractivity contribution in [1.82, 2.24) is 84.2 Å². The van der Waals surface area contributed by atoms with Gasteiger partial charge in [0.1, 0.15) is 60.5 Å². The zero-order chi connectivity index (χ0) is 89.0. The Balaban J connectivity index is 0.000000214. The third-order valence-corrected chi connectivity index (χ3v) is 29.0. The second-order valence-corrected chi connectivity index (χ2v) is 40.2. The third kappa shape index (κ3) is 19.3. The number of aromatic amines is 3. The topological polar surface area (TPSA) is 576 Å². The average molecular weight is 1840 g/mol. The number of hydrogen-bond donors (Lipinski definition) is 10. The van der Waals surface area contributed by atoms with Crippen LogP contribution in [0.25, 0.3) is 44.7 Å². The van der Waals surface area contributed by atoms with E-state index in [2.05, 4.69) is 107 Å². The standard InChI is InChI=1S/C39H50FN10O11PSi.C33H36FN10O11P.C5H5N.2CH4.H3N/c1-9-22-23(40)26(35(58-22)50-19-44-25-31(50)46-37(48-34(25)53)47-32(51)20(2)3)60-62(54,55)57-16-39-15-56-27(28(39)61-63(7,8)38(4,5)6)36(59-39)49-18-43-24-29(41-17-42-30(24)49)45-33(52)21-13-11-10-12-14-21;1-15(2)27(46)41-32-40-26-21(29(48)42-32)38-14-44(26)30-23(19(34)18(9-45)53-30)55-56(49,50)52-11-33-10-51-22(16(33)3)31(54-33)43-13-37-20-24(35-12-36-25(20)43)39-28(47)17-7-5-4-6-8-17;1-2-4-6-5-3-1;;;/h10-14,17-20,22-23,26-28,35-36H,9,15-16H2,1-8H3,(H,54,55)(H,41,42,45,52)(H2,46,47,48,51,53);4-8,12-16,18-19,22-23,30-31,45H,9-11H2,1-3H3,(H,49,50)(H,35,36,39,47)(H2,40,41,42,46,48);1-5H;2*1H4;1H3/p+1/t22-,23?,26-,27-,28+,35-,36-,39-;16-,18+,19-,22+,23+,30+,31+,33+;;;;/m10..../s1. The number of rotatable bonds is 26. The molecule has 44 nitrogen and oxygen atoms in total. The van der Waals surface area contributed by atoms with Crippen molar-refractivity contribution in [3.8, 4) is 0 Å². The predicted octanol–water partition coefficient (Wildman–Crippen LogP) is 8.78. The van der Waals surface area contributed by atoms with Crippen LogP contribution >= 0.6 is 15.6 Å². The summed E-state index contributed by atoms with van der Waals surface area (Å²) < 4.78 is 131. The smallest absolute Gasteiger partial charge is 0.408 e. The zero-order valence-electron chi connectivity index (χ0n) is 69.8. The molecule has 11 aromatic rings. The van der Waals surface area contributed by atoms with E-state index in [0.717, 1.165) is 10.9 Å². The number of aromatic nitrogens is 17. The molecule has 18 atom stereocenters. The molecular formula is C79H103F2N22O22P2Si+. The second kappa shape index (κ2) is 38.5. The summed E-state index contributed by atoms with van der Waals surface area (Å²) in [5.74, 6) is -3.04. The van der Waals surface area contributed by atoms with Crippen LogP contribution < -0.4 is 43.5 Å². The van der Waals surface area contributed by atoms with Crippen LogP contribution in [0.3, 0.4) is 0 Å². The highest BCUT2D eigenvalue weighted by atomic mass is 31.2. The minimum absolute atomic E-state index is 0. The Hall–Kier alpha value is -10.8. The van der Waals surface area contributed by atoms with Crippen LogP contribution in [0.1, 0.15) is 129 Å². The SMILES string of the molecule is C.C.CC(C)C(=O)Nc1nc2c(ncn2[C@@H]2O[C@H](CO)[C@H](F)[C@H]2OP(=O)(O)OC[C@@]23CO[C@@H]([C@H](n4cnc5c(NC(=O)c6ccccc6)ncnc54)O2)[C@@H]3C)c(=O)[nH]1.CC[C@H]1O[C@@H](n2cnc3c(=O)[nH]c(NC(=O)C(C)C)nc32)[C@H](OP(=O)(O)OC[C@@]23CO[C@@H]([C@H](n4cnc5c(NC(=O)c6ccccc6)ncnc54)O2)[C@@H]3O[Si](C)(C)C(C)(C)C)C1F.N.c1cc[nH+]cc1. The number of aliphatic hydroxyl groups excluding tert-OH is 1. The average Bonchev–Trinajstić information content (AvgIpc) is 1.54. The number of carbonyl (C=O) groups is 4. The Morgan fingerprint density at radius 3 is 1.43 bits per heavy atom. The van der Waals surface area contributed by atoms with Gasteiger partial charge in [-0.25, -0.2) is 62.8 Å². The van der Waals surface area contributed by atoms with Crippen LogP contribution in [0.5, 0.6) is 0 Å². The lowest BCUT2D eigenvalue weighted by Gasteiger charge is -2.40. The number of phosphoric ester groups is 2. The Kier molecular flexibility index (Phi) is 28.9. The number of amides is 4. The Labute approximate surface area is 730 Å². The first-order chi connectivity index (χ1) is 59.5. The van der Waals surface area contributed by atoms with Gasteiger partial charge in [-0.1, -0.05) is 120 Å². The Bertz CT molecular complexity index is 6010. The number of imidazole rings is 4. The fourth-order valence-electron chi connectivity index (χ4n) is 14.7. The van der Waals surface area contributed by atoms with E-state index in [1.165, 1.54) is 36.2 Å². The van der Waals surface area contributed by atoms with Crippen molar-refractivity contribution in [1.29, 1.82) is 0 Å². The number of carbonyl (C=O) groups excluding carboxylic acids is 4. The number of alkyl halides is 2. The van der Waals surface area contributed by atoms with E-state index in [1.807, 2.05) is 50.6 Å². The maximum absolute atomic E-state index is 16.2. The number of halogens is 2. The summed E-state index contributed by atoms with van der Waals surface area (Å²) in [5, 5.41) is 20.1. The molecule has 4 bridgehead atoms. The van der Waals surface area contributed by atoms with Gasteiger partial charge in [-0.05, 0) is 48.8 Å². The number of pyridine rings is 1. The lowest BCUT2D eigenvalue weighted by molar-refractivity contribution is -0.378. The molecule has 49 heteroatoms. The third-order valence-electron chi connectivity index (χ3n) is 22.6. The Morgan fingerprint density at radius 1 is 0.594 bits per heavy atom. The number of nitrogens with one attached hydrogen (secondary N) is 7. The van der Waals surface area contributed by atoms with Crippen molar-refractivity contribution in [2.75, 3.05) is 54.3 Å². The van der Waals surface area contributed by atoms with Crippen LogP contribution in [-0.2, 0) is 69.7 Å². The van der Waals surface area contributed by atoms with E-state index in [-0.39, 0.29) is 103 Å². The van der Waals surface area contributed by atoms with E-state index < -0.39 is 187 Å². The number of fused-ring (bicyclic) bond motifs is 8.